The predicted molar refractivity (Wildman–Crippen MR) is 67.3 cm³/mol. The maximum absolute atomic E-state index is 5.72. The lowest BCUT2D eigenvalue weighted by Crippen LogP contribution is -2.08. The van der Waals surface area contributed by atoms with Crippen molar-refractivity contribution in [3.8, 4) is 5.75 Å². The molecule has 5 heteroatoms. The van der Waals surface area contributed by atoms with Crippen LogP contribution in [0.25, 0.3) is 0 Å². The third-order valence-electron chi connectivity index (χ3n) is 2.51. The van der Waals surface area contributed by atoms with Crippen LogP contribution in [-0.2, 0) is 13.2 Å². The first kappa shape index (κ1) is 12.6. The fraction of sp³-hybridized carbons (Fsp3) is 0.385. The summed E-state index contributed by atoms with van der Waals surface area (Å²) in [6.07, 6.45) is 0. The van der Waals surface area contributed by atoms with E-state index in [4.69, 9.17) is 9.26 Å². The summed E-state index contributed by atoms with van der Waals surface area (Å²) >= 11 is 0. The molecule has 0 radical (unpaired) electrons. The number of rotatable bonds is 5. The third kappa shape index (κ3) is 3.07. The van der Waals surface area contributed by atoms with Crippen LogP contribution >= 0.6 is 0 Å². The van der Waals surface area contributed by atoms with Crippen LogP contribution in [0.2, 0.25) is 0 Å². The Labute approximate surface area is 106 Å². The Morgan fingerprint density at radius 3 is 2.83 bits per heavy atom. The zero-order chi connectivity index (χ0) is 13.0. The minimum Gasteiger partial charge on any atom is -0.485 e. The lowest BCUT2D eigenvalue weighted by atomic mass is 10.1. The smallest absolute Gasteiger partial charge is 0.223 e. The third-order valence-corrected chi connectivity index (χ3v) is 2.51. The number of nitrogens with one attached hydrogen (secondary N) is 1. The molecule has 18 heavy (non-hydrogen) atoms. The molecule has 1 N–H and O–H groups in total. The molecule has 1 heterocycles. The molecule has 0 atom stereocenters. The Balaban J connectivity index is 2.08. The van der Waals surface area contributed by atoms with Gasteiger partial charge in [-0.05, 0) is 20.0 Å². The molecular formula is C13H17N3O2. The van der Waals surface area contributed by atoms with Crippen molar-refractivity contribution in [3.05, 3.63) is 41.0 Å². The van der Waals surface area contributed by atoms with E-state index >= 15 is 0 Å². The highest BCUT2D eigenvalue weighted by Crippen LogP contribution is 2.20. The number of nitrogens with zero attached hydrogens (tertiary/aromatic N) is 2. The van der Waals surface area contributed by atoms with Gasteiger partial charge >= 0.3 is 0 Å². The quantitative estimate of drug-likeness (QED) is 0.875. The van der Waals surface area contributed by atoms with E-state index in [1.807, 2.05) is 19.2 Å². The van der Waals surface area contributed by atoms with Gasteiger partial charge in [0.05, 0.1) is 0 Å². The first-order valence-corrected chi connectivity index (χ1v) is 5.85. The predicted octanol–water partition coefficient (Wildman–Crippen LogP) is 1.98. The van der Waals surface area contributed by atoms with Crippen LogP contribution in [0.4, 0.5) is 0 Å². The van der Waals surface area contributed by atoms with Gasteiger partial charge in [-0.2, -0.15) is 4.98 Å². The summed E-state index contributed by atoms with van der Waals surface area (Å²) in [7, 11) is 1.91. The lowest BCUT2D eigenvalue weighted by molar-refractivity contribution is 0.282. The van der Waals surface area contributed by atoms with Crippen molar-refractivity contribution in [3.63, 3.8) is 0 Å². The zero-order valence-electron chi connectivity index (χ0n) is 10.9. The van der Waals surface area contributed by atoms with Crippen LogP contribution < -0.4 is 10.1 Å². The van der Waals surface area contributed by atoms with Gasteiger partial charge < -0.3 is 14.6 Å². The van der Waals surface area contributed by atoms with E-state index in [1.165, 1.54) is 5.56 Å². The molecule has 0 aliphatic carbocycles. The Kier molecular flexibility index (Phi) is 3.94. The molecule has 2 aromatic rings. The highest BCUT2D eigenvalue weighted by molar-refractivity contribution is 5.36. The second kappa shape index (κ2) is 5.64. The van der Waals surface area contributed by atoms with Gasteiger partial charge in [0.2, 0.25) is 11.7 Å². The van der Waals surface area contributed by atoms with E-state index in [9.17, 15) is 0 Å². The van der Waals surface area contributed by atoms with Crippen molar-refractivity contribution in [2.45, 2.75) is 27.0 Å². The molecule has 0 unspecified atom stereocenters. The Bertz CT molecular complexity index is 523. The summed E-state index contributed by atoms with van der Waals surface area (Å²) in [6.45, 7) is 4.90. The minimum absolute atomic E-state index is 0.317. The number of aryl methyl sites for hydroxylation is 2. The van der Waals surface area contributed by atoms with Crippen LogP contribution in [0.3, 0.4) is 0 Å². The Hall–Kier alpha value is -1.88. The van der Waals surface area contributed by atoms with Crippen LogP contribution in [0.1, 0.15) is 22.8 Å². The van der Waals surface area contributed by atoms with Crippen molar-refractivity contribution in [2.24, 2.45) is 0 Å². The van der Waals surface area contributed by atoms with E-state index in [-0.39, 0.29) is 0 Å². The molecule has 1 aromatic carbocycles. The maximum atomic E-state index is 5.72. The summed E-state index contributed by atoms with van der Waals surface area (Å²) in [4.78, 5) is 4.10. The van der Waals surface area contributed by atoms with Crippen molar-refractivity contribution < 1.29 is 9.26 Å². The van der Waals surface area contributed by atoms with Crippen LogP contribution in [0.15, 0.2) is 22.7 Å². The molecule has 0 saturated carbocycles. The number of ether oxygens (including phenoxy) is 1. The molecule has 96 valence electrons. The highest BCUT2D eigenvalue weighted by atomic mass is 16.5. The number of aromatic nitrogens is 2. The number of benzene rings is 1. The topological polar surface area (TPSA) is 60.2 Å². The van der Waals surface area contributed by atoms with Crippen LogP contribution in [0, 0.1) is 13.8 Å². The normalized spacial score (nSPS) is 10.6. The van der Waals surface area contributed by atoms with Gasteiger partial charge in [0.15, 0.2) is 6.61 Å². The monoisotopic (exact) mass is 247 g/mol. The highest BCUT2D eigenvalue weighted by Gasteiger charge is 2.07. The molecule has 2 rings (SSSR count). The largest absolute Gasteiger partial charge is 0.485 e. The molecule has 0 aliphatic rings. The minimum atomic E-state index is 0.317. The van der Waals surface area contributed by atoms with Gasteiger partial charge in [-0.3, -0.25) is 0 Å². The van der Waals surface area contributed by atoms with Crippen molar-refractivity contribution >= 4 is 0 Å². The fourth-order valence-corrected chi connectivity index (χ4v) is 1.72. The van der Waals surface area contributed by atoms with Gasteiger partial charge in [0, 0.05) is 19.0 Å². The van der Waals surface area contributed by atoms with Gasteiger partial charge in [-0.25, -0.2) is 0 Å². The van der Waals surface area contributed by atoms with E-state index in [1.54, 1.807) is 6.92 Å². The SMILES string of the molecule is CNCc1cc(C)ccc1OCc1noc(C)n1. The molecule has 0 bridgehead atoms. The second-order valence-corrected chi connectivity index (χ2v) is 4.16. The number of hydrogen-bond donors (Lipinski definition) is 1. The average Bonchev–Trinajstić information content (AvgIpc) is 2.75. The molecule has 0 aliphatic heterocycles. The van der Waals surface area contributed by atoms with Crippen LogP contribution in [0.5, 0.6) is 5.75 Å². The lowest BCUT2D eigenvalue weighted by Gasteiger charge is -2.10. The van der Waals surface area contributed by atoms with Crippen molar-refractivity contribution in [1.82, 2.24) is 15.5 Å². The van der Waals surface area contributed by atoms with E-state index in [2.05, 4.69) is 28.4 Å². The summed E-state index contributed by atoms with van der Waals surface area (Å²) in [6, 6.07) is 6.10. The zero-order valence-corrected chi connectivity index (χ0v) is 10.9. The van der Waals surface area contributed by atoms with Gasteiger partial charge in [-0.15, -0.1) is 0 Å². The van der Waals surface area contributed by atoms with Crippen molar-refractivity contribution in [2.75, 3.05) is 7.05 Å². The molecule has 0 saturated heterocycles. The Morgan fingerprint density at radius 1 is 1.33 bits per heavy atom. The van der Waals surface area contributed by atoms with Gasteiger partial charge in [0.1, 0.15) is 5.75 Å². The summed E-state index contributed by atoms with van der Waals surface area (Å²) in [5.41, 5.74) is 2.33. The van der Waals surface area contributed by atoms with E-state index in [0.717, 1.165) is 17.9 Å². The first-order valence-electron chi connectivity index (χ1n) is 5.85. The molecule has 5 nitrogen and oxygen atoms in total. The first-order chi connectivity index (χ1) is 8.69. The fourth-order valence-electron chi connectivity index (χ4n) is 1.72. The summed E-state index contributed by atoms with van der Waals surface area (Å²) in [5, 5.41) is 6.92. The molecule has 0 spiro atoms. The molecule has 0 fully saturated rings. The summed E-state index contributed by atoms with van der Waals surface area (Å²) < 4.78 is 10.6. The van der Waals surface area contributed by atoms with E-state index < -0.39 is 0 Å². The van der Waals surface area contributed by atoms with Crippen molar-refractivity contribution in [1.29, 1.82) is 0 Å². The Morgan fingerprint density at radius 2 is 2.17 bits per heavy atom. The standard InChI is InChI=1S/C13H17N3O2/c1-9-4-5-12(11(6-9)7-14-3)17-8-13-15-10(2)18-16-13/h4-6,14H,7-8H2,1-3H3. The molecular weight excluding hydrogens is 230 g/mol. The van der Waals surface area contributed by atoms with E-state index in [0.29, 0.717) is 18.3 Å². The summed E-state index contributed by atoms with van der Waals surface area (Å²) in [5.74, 6) is 1.95. The van der Waals surface area contributed by atoms with Gasteiger partial charge in [0.25, 0.3) is 0 Å². The average molecular weight is 247 g/mol. The van der Waals surface area contributed by atoms with Gasteiger partial charge in [-0.1, -0.05) is 22.9 Å². The molecule has 1 aromatic heterocycles. The second-order valence-electron chi connectivity index (χ2n) is 4.16. The number of hydrogen-bond acceptors (Lipinski definition) is 5. The maximum Gasteiger partial charge on any atom is 0.223 e. The van der Waals surface area contributed by atoms with Crippen LogP contribution in [-0.4, -0.2) is 17.2 Å². The molecule has 0 amide bonds.